The standard InChI is InChI=1S/C60H103NO8/c1-3-5-7-9-11-13-15-17-18-19-20-21-22-23-24-25-26-27-28-29-30-31-32-33-34-35-36-38-40-42-44-46-48-50-56(64)61-53(52-68-60-59(67)58(66)57(65)55(51-62)69-60)54(63)49-47-45-43-41-39-37-16-14-12-10-8-6-4-2/h5,7,11,13,17-18,20-21,23-24,26-27,29-30,47,49,53-55,57-60,62-63,65-67H,3-4,6,8-10,12,14-16,19,22,25,28,31-46,48,50-52H2,1-2H3,(H,61,64)/b7-5-,13-11-,18-17-,21-20-,24-23-,27-26-,30-29-,49-47+. The molecule has 1 saturated heterocycles. The number of unbranched alkanes of at least 4 members (excludes halogenated alkanes) is 22. The van der Waals surface area contributed by atoms with E-state index in [0.717, 1.165) is 89.9 Å². The van der Waals surface area contributed by atoms with Gasteiger partial charge in [0.2, 0.25) is 5.91 Å². The van der Waals surface area contributed by atoms with Crippen LogP contribution in [0.3, 0.4) is 0 Å². The maximum Gasteiger partial charge on any atom is 0.220 e. The topological polar surface area (TPSA) is 149 Å². The van der Waals surface area contributed by atoms with Crippen molar-refractivity contribution in [2.75, 3.05) is 13.2 Å². The molecule has 1 aliphatic heterocycles. The number of ether oxygens (including phenoxy) is 2. The van der Waals surface area contributed by atoms with Crippen molar-refractivity contribution in [2.24, 2.45) is 0 Å². The van der Waals surface area contributed by atoms with Gasteiger partial charge in [-0.25, -0.2) is 0 Å². The molecule has 9 nitrogen and oxygen atoms in total. The molecule has 1 amide bonds. The molecular formula is C60H103NO8. The normalized spacial score (nSPS) is 20.2. The second-order valence-electron chi connectivity index (χ2n) is 19.0. The predicted octanol–water partition coefficient (Wildman–Crippen LogP) is 13.6. The van der Waals surface area contributed by atoms with Crippen molar-refractivity contribution in [2.45, 2.75) is 262 Å². The van der Waals surface area contributed by atoms with Crippen LogP contribution >= 0.6 is 0 Å². The number of hydrogen-bond acceptors (Lipinski definition) is 8. The van der Waals surface area contributed by atoms with Gasteiger partial charge in [-0.1, -0.05) is 233 Å². The Morgan fingerprint density at radius 1 is 0.507 bits per heavy atom. The Labute approximate surface area is 422 Å². The van der Waals surface area contributed by atoms with E-state index in [9.17, 15) is 30.3 Å². The predicted molar refractivity (Wildman–Crippen MR) is 290 cm³/mol. The van der Waals surface area contributed by atoms with Gasteiger partial charge in [-0.15, -0.1) is 0 Å². The van der Waals surface area contributed by atoms with Crippen molar-refractivity contribution in [3.8, 4) is 0 Å². The van der Waals surface area contributed by atoms with Gasteiger partial charge in [0.15, 0.2) is 6.29 Å². The van der Waals surface area contributed by atoms with Gasteiger partial charge in [-0.05, 0) is 77.0 Å². The minimum Gasteiger partial charge on any atom is -0.394 e. The van der Waals surface area contributed by atoms with Gasteiger partial charge in [0.1, 0.15) is 24.4 Å². The molecule has 396 valence electrons. The molecule has 1 fully saturated rings. The lowest BCUT2D eigenvalue weighted by Crippen LogP contribution is -2.60. The summed E-state index contributed by atoms with van der Waals surface area (Å²) in [6.07, 6.45) is 63.2. The molecule has 0 spiro atoms. The largest absolute Gasteiger partial charge is 0.394 e. The summed E-state index contributed by atoms with van der Waals surface area (Å²) < 4.78 is 11.2. The zero-order chi connectivity index (χ0) is 50.1. The Balaban J connectivity index is 2.18. The molecule has 1 aliphatic rings. The maximum atomic E-state index is 13.0. The lowest BCUT2D eigenvalue weighted by Gasteiger charge is -2.40. The summed E-state index contributed by atoms with van der Waals surface area (Å²) in [5.41, 5.74) is 0. The quantitative estimate of drug-likeness (QED) is 0.0261. The molecule has 0 saturated carbocycles. The van der Waals surface area contributed by atoms with Crippen molar-refractivity contribution < 1.29 is 39.8 Å². The Morgan fingerprint density at radius 3 is 1.33 bits per heavy atom. The molecule has 0 bridgehead atoms. The maximum absolute atomic E-state index is 13.0. The van der Waals surface area contributed by atoms with Crippen LogP contribution in [-0.2, 0) is 14.3 Å². The van der Waals surface area contributed by atoms with E-state index in [1.54, 1.807) is 6.08 Å². The van der Waals surface area contributed by atoms with E-state index in [2.05, 4.69) is 104 Å². The van der Waals surface area contributed by atoms with Gasteiger partial charge in [-0.2, -0.15) is 0 Å². The number of carbonyl (C=O) groups is 1. The van der Waals surface area contributed by atoms with Crippen molar-refractivity contribution in [1.82, 2.24) is 5.32 Å². The van der Waals surface area contributed by atoms with E-state index in [4.69, 9.17) is 9.47 Å². The van der Waals surface area contributed by atoms with Gasteiger partial charge >= 0.3 is 0 Å². The number of rotatable bonds is 46. The van der Waals surface area contributed by atoms with Crippen LogP contribution in [0, 0.1) is 0 Å². The monoisotopic (exact) mass is 966 g/mol. The van der Waals surface area contributed by atoms with Crippen LogP contribution in [0.15, 0.2) is 97.2 Å². The molecule has 1 rings (SSSR count). The highest BCUT2D eigenvalue weighted by atomic mass is 16.7. The lowest BCUT2D eigenvalue weighted by atomic mass is 9.99. The van der Waals surface area contributed by atoms with E-state index in [1.165, 1.54) is 109 Å². The highest BCUT2D eigenvalue weighted by Gasteiger charge is 2.44. The number of allylic oxidation sites excluding steroid dienone is 15. The number of nitrogens with one attached hydrogen (secondary N) is 1. The molecule has 1 heterocycles. The van der Waals surface area contributed by atoms with Crippen LogP contribution in [0.5, 0.6) is 0 Å². The molecular weight excluding hydrogens is 863 g/mol. The summed E-state index contributed by atoms with van der Waals surface area (Å²) in [6.45, 7) is 3.65. The van der Waals surface area contributed by atoms with Crippen LogP contribution in [0.2, 0.25) is 0 Å². The van der Waals surface area contributed by atoms with Gasteiger partial charge in [-0.3, -0.25) is 4.79 Å². The molecule has 9 heteroatoms. The first kappa shape index (κ1) is 64.1. The average Bonchev–Trinajstić information content (AvgIpc) is 3.35. The average molecular weight is 966 g/mol. The van der Waals surface area contributed by atoms with E-state index in [-0.39, 0.29) is 12.5 Å². The fourth-order valence-electron chi connectivity index (χ4n) is 8.25. The van der Waals surface area contributed by atoms with Crippen molar-refractivity contribution in [3.63, 3.8) is 0 Å². The molecule has 7 unspecified atom stereocenters. The number of hydrogen-bond donors (Lipinski definition) is 6. The van der Waals surface area contributed by atoms with Gasteiger partial charge in [0, 0.05) is 6.42 Å². The minimum atomic E-state index is -1.57. The van der Waals surface area contributed by atoms with Crippen LogP contribution in [0.1, 0.15) is 219 Å². The Morgan fingerprint density at radius 2 is 0.899 bits per heavy atom. The number of amides is 1. The fraction of sp³-hybridized carbons (Fsp3) is 0.717. The van der Waals surface area contributed by atoms with Gasteiger partial charge < -0.3 is 40.3 Å². The van der Waals surface area contributed by atoms with Crippen molar-refractivity contribution in [1.29, 1.82) is 0 Å². The Bertz CT molecular complexity index is 1400. The third kappa shape index (κ3) is 38.5. The molecule has 0 aromatic carbocycles. The van der Waals surface area contributed by atoms with E-state index in [0.29, 0.717) is 6.42 Å². The van der Waals surface area contributed by atoms with E-state index < -0.39 is 49.5 Å². The summed E-state index contributed by atoms with van der Waals surface area (Å²) in [5.74, 6) is -0.185. The van der Waals surface area contributed by atoms with Crippen LogP contribution < -0.4 is 5.32 Å². The van der Waals surface area contributed by atoms with Gasteiger partial charge in [0.25, 0.3) is 0 Å². The summed E-state index contributed by atoms with van der Waals surface area (Å²) in [7, 11) is 0. The molecule has 0 aromatic heterocycles. The van der Waals surface area contributed by atoms with Crippen molar-refractivity contribution >= 4 is 5.91 Å². The molecule has 0 aliphatic carbocycles. The Hall–Kier alpha value is -2.89. The van der Waals surface area contributed by atoms with E-state index in [1.807, 2.05) is 6.08 Å². The Kier molecular flexibility index (Phi) is 45.3. The van der Waals surface area contributed by atoms with Crippen LogP contribution in [0.4, 0.5) is 0 Å². The second kappa shape index (κ2) is 48.7. The van der Waals surface area contributed by atoms with Crippen LogP contribution in [0.25, 0.3) is 0 Å². The second-order valence-corrected chi connectivity index (χ2v) is 19.0. The highest BCUT2D eigenvalue weighted by Crippen LogP contribution is 2.23. The van der Waals surface area contributed by atoms with Crippen molar-refractivity contribution in [3.05, 3.63) is 97.2 Å². The molecule has 7 atom stereocenters. The molecule has 69 heavy (non-hydrogen) atoms. The smallest absolute Gasteiger partial charge is 0.220 e. The fourth-order valence-corrected chi connectivity index (χ4v) is 8.25. The molecule has 0 radical (unpaired) electrons. The third-order valence-electron chi connectivity index (χ3n) is 12.7. The summed E-state index contributed by atoms with van der Waals surface area (Å²) in [6, 6.07) is -0.811. The van der Waals surface area contributed by atoms with Crippen LogP contribution in [-0.4, -0.2) is 87.5 Å². The SMILES string of the molecule is CC/C=C\C/C=C\C/C=C\C/C=C\C/C=C\C/C=C\C/C=C\CCCCCCCCCCCCCC(=O)NC(COC1OC(CO)C(O)C(O)C1O)C(O)/C=C/CCCCCCCCCCCCC. The lowest BCUT2D eigenvalue weighted by molar-refractivity contribution is -0.302. The first-order valence-electron chi connectivity index (χ1n) is 28.0. The molecule has 6 N–H and O–H groups in total. The van der Waals surface area contributed by atoms with Gasteiger partial charge in [0.05, 0.1) is 25.4 Å². The zero-order valence-electron chi connectivity index (χ0n) is 43.8. The summed E-state index contributed by atoms with van der Waals surface area (Å²) in [5, 5.41) is 54.4. The molecule has 0 aromatic rings. The summed E-state index contributed by atoms with van der Waals surface area (Å²) >= 11 is 0. The highest BCUT2D eigenvalue weighted by molar-refractivity contribution is 5.76. The number of aliphatic hydroxyl groups is 5. The number of aliphatic hydroxyl groups excluding tert-OH is 5. The van der Waals surface area contributed by atoms with E-state index >= 15 is 0 Å². The third-order valence-corrected chi connectivity index (χ3v) is 12.7. The minimum absolute atomic E-state index is 0.185. The summed E-state index contributed by atoms with van der Waals surface area (Å²) in [4.78, 5) is 13.0. The first-order chi connectivity index (χ1) is 33.8. The first-order valence-corrected chi connectivity index (χ1v) is 28.0. The zero-order valence-corrected chi connectivity index (χ0v) is 43.8. The number of carbonyl (C=O) groups excluding carboxylic acids is 1.